The molecule has 1 aromatic heterocycles. The van der Waals surface area contributed by atoms with Crippen LogP contribution < -0.4 is 4.57 Å². The van der Waals surface area contributed by atoms with Crippen molar-refractivity contribution in [3.63, 3.8) is 0 Å². The lowest BCUT2D eigenvalue weighted by Gasteiger charge is -2.18. The van der Waals surface area contributed by atoms with Crippen LogP contribution >= 0.6 is 0 Å². The average molecular weight is 375 g/mol. The molecule has 0 amide bonds. The third-order valence-corrected chi connectivity index (χ3v) is 4.78. The first-order valence-corrected chi connectivity index (χ1v) is 9.44. The molecule has 0 aliphatic heterocycles. The molecule has 1 atom stereocenters. The summed E-state index contributed by atoms with van der Waals surface area (Å²) in [5.74, 6) is -0.0457. The fourth-order valence-electron chi connectivity index (χ4n) is 2.86. The van der Waals surface area contributed by atoms with Crippen molar-refractivity contribution in [2.45, 2.75) is 25.9 Å². The molecule has 2 aromatic carbocycles. The number of hydrogen-bond donors (Lipinski definition) is 0. The molecule has 0 aliphatic rings. The molecule has 0 saturated carbocycles. The molecule has 27 heavy (non-hydrogen) atoms. The van der Waals surface area contributed by atoms with E-state index < -0.39 is 6.04 Å². The number of carbonyl (C=O) groups is 1. The van der Waals surface area contributed by atoms with Crippen LogP contribution in [0, 0.1) is 0 Å². The minimum atomic E-state index is -0.627. The number of benzene rings is 2. The molecule has 0 N–H and O–H groups in total. The lowest BCUT2D eigenvalue weighted by atomic mass is 10.0. The predicted octanol–water partition coefficient (Wildman–Crippen LogP) is 4.11. The molecule has 0 aliphatic carbocycles. The number of aryl methyl sites for hydroxylation is 1. The molecule has 0 spiro atoms. The average Bonchev–Trinajstić information content (AvgIpc) is 2.74. The minimum absolute atomic E-state index is 0.0457. The second kappa shape index (κ2) is 9.19. The Morgan fingerprint density at radius 2 is 1.56 bits per heavy atom. The number of rotatable bonds is 7. The maximum absolute atomic E-state index is 13.2. The van der Waals surface area contributed by atoms with Crippen LogP contribution in [0.15, 0.2) is 90.2 Å². The highest BCUT2D eigenvalue weighted by Gasteiger charge is 2.27. The monoisotopic (exact) mass is 374 g/mol. The Labute approximate surface area is 165 Å². The van der Waals surface area contributed by atoms with Crippen LogP contribution in [-0.2, 0) is 25.6 Å². The van der Waals surface area contributed by atoms with Gasteiger partial charge in [-0.1, -0.05) is 67.6 Å². The molecule has 4 heteroatoms. The summed E-state index contributed by atoms with van der Waals surface area (Å²) >= 11 is 5.57. The third kappa shape index (κ3) is 4.86. The van der Waals surface area contributed by atoms with Crippen molar-refractivity contribution in [3.05, 3.63) is 102 Å². The number of aromatic nitrogens is 1. The zero-order valence-corrected chi connectivity index (χ0v) is 16.1. The molecular formula is C23H22N2OS. The summed E-state index contributed by atoms with van der Waals surface area (Å²) in [6, 6.07) is 22.7. The van der Waals surface area contributed by atoms with Gasteiger partial charge in [-0.3, -0.25) is 4.79 Å². The summed E-state index contributed by atoms with van der Waals surface area (Å²) < 4.78 is 1.83. The zero-order valence-electron chi connectivity index (χ0n) is 15.3. The van der Waals surface area contributed by atoms with Gasteiger partial charge in [0, 0.05) is 17.7 Å². The van der Waals surface area contributed by atoms with Gasteiger partial charge in [0.25, 0.3) is 0 Å². The summed E-state index contributed by atoms with van der Waals surface area (Å²) in [7, 11) is 0. The largest absolute Gasteiger partial charge is 0.758 e. The van der Waals surface area contributed by atoms with Crippen LogP contribution in [0.1, 0.15) is 34.5 Å². The third-order valence-electron chi connectivity index (χ3n) is 4.43. The number of ketones is 1. The number of nitrogens with zero attached hydrogens (tertiary/aromatic N) is 2. The quantitative estimate of drug-likeness (QED) is 0.205. The number of carbonyl (C=O) groups excluding carboxylic acids is 1. The van der Waals surface area contributed by atoms with Gasteiger partial charge < -0.3 is 17.6 Å². The fourth-order valence-corrected chi connectivity index (χ4v) is 3.15. The molecule has 1 heterocycles. The SMILES string of the molecule is CCc1ccc(C(=O)[C@H](C([S-])=NCc2ccccc2)[n+]2ccccc2)cc1. The summed E-state index contributed by atoms with van der Waals surface area (Å²) in [6.07, 6.45) is 4.65. The number of hydrogen-bond acceptors (Lipinski definition) is 3. The number of aliphatic imine (C=N–C) groups is 1. The van der Waals surface area contributed by atoms with Crippen LogP contribution in [-0.4, -0.2) is 10.8 Å². The van der Waals surface area contributed by atoms with E-state index in [4.69, 9.17) is 12.6 Å². The maximum Gasteiger partial charge on any atom is 0.237 e. The van der Waals surface area contributed by atoms with E-state index in [2.05, 4.69) is 11.9 Å². The second-order valence-electron chi connectivity index (χ2n) is 6.28. The Balaban J connectivity index is 1.91. The minimum Gasteiger partial charge on any atom is -0.758 e. The van der Waals surface area contributed by atoms with Crippen molar-refractivity contribution in [1.29, 1.82) is 0 Å². The lowest BCUT2D eigenvalue weighted by Crippen LogP contribution is -2.47. The molecule has 0 saturated heterocycles. The normalized spacial score (nSPS) is 12.6. The van der Waals surface area contributed by atoms with Gasteiger partial charge in [0.1, 0.15) is 0 Å². The first-order chi connectivity index (χ1) is 13.2. The topological polar surface area (TPSA) is 33.3 Å². The van der Waals surface area contributed by atoms with Crippen LogP contribution in [0.2, 0.25) is 0 Å². The van der Waals surface area contributed by atoms with Gasteiger partial charge in [-0.25, -0.2) is 0 Å². The van der Waals surface area contributed by atoms with E-state index in [0.717, 1.165) is 12.0 Å². The van der Waals surface area contributed by atoms with E-state index in [1.54, 1.807) is 0 Å². The molecule has 0 bridgehead atoms. The highest BCUT2D eigenvalue weighted by Crippen LogP contribution is 2.14. The zero-order chi connectivity index (χ0) is 19.1. The summed E-state index contributed by atoms with van der Waals surface area (Å²) in [6.45, 7) is 2.56. The smallest absolute Gasteiger partial charge is 0.237 e. The van der Waals surface area contributed by atoms with Crippen LogP contribution in [0.3, 0.4) is 0 Å². The van der Waals surface area contributed by atoms with Crippen molar-refractivity contribution in [1.82, 2.24) is 0 Å². The standard InChI is InChI=1S/C23H22N2OS/c1-2-18-11-13-20(14-12-18)22(26)21(25-15-7-4-8-16-25)23(27)24-17-19-9-5-3-6-10-19/h3-16,21H,2,17H2,1H3/t21-/m1/s1. The highest BCUT2D eigenvalue weighted by atomic mass is 32.1. The van der Waals surface area contributed by atoms with E-state index in [0.29, 0.717) is 17.2 Å². The predicted molar refractivity (Wildman–Crippen MR) is 111 cm³/mol. The first-order valence-electron chi connectivity index (χ1n) is 9.03. The Kier molecular flexibility index (Phi) is 6.44. The van der Waals surface area contributed by atoms with Gasteiger partial charge in [-0.05, 0) is 22.6 Å². The summed E-state index contributed by atoms with van der Waals surface area (Å²) in [5.41, 5.74) is 2.91. The first kappa shape index (κ1) is 18.9. The second-order valence-corrected chi connectivity index (χ2v) is 6.70. The summed E-state index contributed by atoms with van der Waals surface area (Å²) in [4.78, 5) is 17.8. The molecule has 3 rings (SSSR count). The Morgan fingerprint density at radius 1 is 0.926 bits per heavy atom. The Morgan fingerprint density at radius 3 is 2.19 bits per heavy atom. The number of Topliss-reactive ketones (excluding diaryl/α,β-unsaturated/α-hetero) is 1. The molecule has 3 nitrogen and oxygen atoms in total. The molecule has 136 valence electrons. The van der Waals surface area contributed by atoms with Gasteiger partial charge in [-0.2, -0.15) is 4.57 Å². The summed E-state index contributed by atoms with van der Waals surface area (Å²) in [5, 5.41) is 0.389. The maximum atomic E-state index is 13.2. The Hall–Kier alpha value is -2.85. The van der Waals surface area contributed by atoms with E-state index in [-0.39, 0.29) is 5.78 Å². The van der Waals surface area contributed by atoms with Gasteiger partial charge >= 0.3 is 0 Å². The van der Waals surface area contributed by atoms with E-state index >= 15 is 0 Å². The fraction of sp³-hybridized carbons (Fsp3) is 0.174. The molecule has 0 radical (unpaired) electrons. The van der Waals surface area contributed by atoms with Crippen LogP contribution in [0.5, 0.6) is 0 Å². The molecule has 0 unspecified atom stereocenters. The number of pyridine rings is 1. The highest BCUT2D eigenvalue weighted by molar-refractivity contribution is 7.77. The van der Waals surface area contributed by atoms with E-state index in [9.17, 15) is 4.79 Å². The van der Waals surface area contributed by atoms with Crippen molar-refractivity contribution >= 4 is 23.5 Å². The molecule has 3 aromatic rings. The molecular weight excluding hydrogens is 352 g/mol. The van der Waals surface area contributed by atoms with E-state index in [1.165, 1.54) is 5.56 Å². The van der Waals surface area contributed by atoms with Gasteiger partial charge in [0.05, 0.1) is 6.54 Å². The van der Waals surface area contributed by atoms with Crippen molar-refractivity contribution in [2.75, 3.05) is 0 Å². The molecule has 0 fully saturated rings. The van der Waals surface area contributed by atoms with Crippen molar-refractivity contribution < 1.29 is 9.36 Å². The van der Waals surface area contributed by atoms with E-state index in [1.807, 2.05) is 89.8 Å². The van der Waals surface area contributed by atoms with Crippen molar-refractivity contribution in [3.8, 4) is 0 Å². The lowest BCUT2D eigenvalue weighted by molar-refractivity contribution is -0.691. The van der Waals surface area contributed by atoms with Gasteiger partial charge in [-0.15, -0.1) is 0 Å². The van der Waals surface area contributed by atoms with Gasteiger partial charge in [0.15, 0.2) is 12.4 Å². The van der Waals surface area contributed by atoms with Crippen molar-refractivity contribution in [2.24, 2.45) is 4.99 Å². The van der Waals surface area contributed by atoms with Gasteiger partial charge in [0.2, 0.25) is 11.8 Å². The van der Waals surface area contributed by atoms with Crippen LogP contribution in [0.25, 0.3) is 0 Å². The van der Waals surface area contributed by atoms with Crippen LogP contribution in [0.4, 0.5) is 0 Å². The Bertz CT molecular complexity index is 906.